The molecule has 1 aliphatic carbocycles. The summed E-state index contributed by atoms with van der Waals surface area (Å²) in [6.07, 6.45) is 2.29. The third-order valence-electron chi connectivity index (χ3n) is 8.35. The number of carbonyl (C=O) groups excluding carboxylic acids is 3. The van der Waals surface area contributed by atoms with E-state index >= 15 is 0 Å². The Morgan fingerprint density at radius 2 is 1.81 bits per heavy atom. The van der Waals surface area contributed by atoms with Crippen LogP contribution in [0.3, 0.4) is 0 Å². The van der Waals surface area contributed by atoms with E-state index in [-0.39, 0.29) is 42.5 Å². The monoisotopic (exact) mass is 609 g/mol. The minimum atomic E-state index is -4.17. The fraction of sp³-hybridized carbons (Fsp3) is 0.484. The summed E-state index contributed by atoms with van der Waals surface area (Å²) in [6, 6.07) is 10.5. The molecule has 2 aliphatic heterocycles. The maximum atomic E-state index is 14.1. The Morgan fingerprint density at radius 1 is 1.14 bits per heavy atom. The van der Waals surface area contributed by atoms with Gasteiger partial charge in [-0.3, -0.25) is 14.4 Å². The van der Waals surface area contributed by atoms with Gasteiger partial charge in [0, 0.05) is 18.7 Å². The van der Waals surface area contributed by atoms with Gasteiger partial charge in [-0.15, -0.1) is 0 Å². The molecule has 0 unspecified atom stereocenters. The van der Waals surface area contributed by atoms with Gasteiger partial charge in [0.05, 0.1) is 16.4 Å². The van der Waals surface area contributed by atoms with Crippen molar-refractivity contribution in [3.8, 4) is 6.07 Å². The van der Waals surface area contributed by atoms with Crippen molar-refractivity contribution in [1.82, 2.24) is 14.9 Å². The number of nitrogens with one attached hydrogen (secondary N) is 3. The number of rotatable bonds is 9. The highest BCUT2D eigenvalue weighted by Crippen LogP contribution is 2.46. The Labute approximate surface area is 251 Å². The van der Waals surface area contributed by atoms with E-state index in [1.807, 2.05) is 32.9 Å². The standard InChI is InChI=1S/C31H36FN5O5S/c1-30(2,3)16-26(28(39)37-18-31(15-21(37)17-33)23-6-4-5-7-24(23)35-29(31)40)34-27(38)25(14-19-8-9-19)36-43(41,42)22-12-10-20(32)11-13-22/h4-7,10-13,19,21,25-26,36H,8-9,14-16,18H2,1-3H3,(H,34,38)(H,35,40)/t21-,25-,26-,31-/m0/s1. The van der Waals surface area contributed by atoms with E-state index in [4.69, 9.17) is 0 Å². The lowest BCUT2D eigenvalue weighted by molar-refractivity contribution is -0.138. The highest BCUT2D eigenvalue weighted by molar-refractivity contribution is 7.89. The van der Waals surface area contributed by atoms with Crippen molar-refractivity contribution in [2.24, 2.45) is 11.3 Å². The third kappa shape index (κ3) is 6.43. The van der Waals surface area contributed by atoms with Crippen LogP contribution < -0.4 is 15.4 Å². The number of para-hydroxylation sites is 1. The first-order valence-electron chi connectivity index (χ1n) is 14.4. The van der Waals surface area contributed by atoms with Gasteiger partial charge in [-0.05, 0) is 60.1 Å². The molecule has 12 heteroatoms. The highest BCUT2D eigenvalue weighted by Gasteiger charge is 2.56. The van der Waals surface area contributed by atoms with E-state index < -0.39 is 56.6 Å². The number of hydrogen-bond donors (Lipinski definition) is 3. The number of fused-ring (bicyclic) bond motifs is 2. The Hall–Kier alpha value is -3.82. The van der Waals surface area contributed by atoms with Crippen molar-refractivity contribution in [2.75, 3.05) is 11.9 Å². The van der Waals surface area contributed by atoms with Gasteiger partial charge in [0.25, 0.3) is 0 Å². The molecule has 2 aromatic carbocycles. The molecule has 4 atom stereocenters. The predicted molar refractivity (Wildman–Crippen MR) is 156 cm³/mol. The molecule has 1 spiro atoms. The first kappa shape index (κ1) is 30.6. The molecule has 0 bridgehead atoms. The summed E-state index contributed by atoms with van der Waals surface area (Å²) in [5, 5.41) is 15.7. The van der Waals surface area contributed by atoms with Crippen LogP contribution in [-0.2, 0) is 29.8 Å². The second-order valence-corrected chi connectivity index (χ2v) is 14.7. The Bertz CT molecular complexity index is 1580. The molecule has 3 amide bonds. The predicted octanol–water partition coefficient (Wildman–Crippen LogP) is 3.21. The van der Waals surface area contributed by atoms with Gasteiger partial charge in [-0.1, -0.05) is 51.8 Å². The summed E-state index contributed by atoms with van der Waals surface area (Å²) in [5.74, 6) is -1.87. The van der Waals surface area contributed by atoms with Crippen molar-refractivity contribution >= 4 is 33.4 Å². The van der Waals surface area contributed by atoms with E-state index in [9.17, 15) is 32.5 Å². The number of anilines is 1. The van der Waals surface area contributed by atoms with E-state index in [1.54, 1.807) is 12.1 Å². The quantitative estimate of drug-likeness (QED) is 0.398. The number of likely N-dealkylation sites (tertiary alicyclic amines) is 1. The minimum Gasteiger partial charge on any atom is -0.343 e. The van der Waals surface area contributed by atoms with Crippen LogP contribution in [0.4, 0.5) is 10.1 Å². The molecule has 1 saturated heterocycles. The number of sulfonamides is 1. The van der Waals surface area contributed by atoms with Crippen LogP contribution in [0.2, 0.25) is 0 Å². The number of amides is 3. The zero-order valence-electron chi connectivity index (χ0n) is 24.4. The Balaban J connectivity index is 1.40. The zero-order chi connectivity index (χ0) is 31.2. The summed E-state index contributed by atoms with van der Waals surface area (Å²) in [7, 11) is -4.17. The number of nitrogens with zero attached hydrogens (tertiary/aromatic N) is 2. The van der Waals surface area contributed by atoms with Crippen molar-refractivity contribution in [2.45, 2.75) is 81.3 Å². The third-order valence-corrected chi connectivity index (χ3v) is 9.84. The molecule has 2 aromatic rings. The summed E-state index contributed by atoms with van der Waals surface area (Å²) in [6.45, 7) is 5.71. The van der Waals surface area contributed by atoms with Gasteiger partial charge in [-0.2, -0.15) is 9.98 Å². The topological polar surface area (TPSA) is 148 Å². The van der Waals surface area contributed by atoms with E-state index in [1.165, 1.54) is 4.90 Å². The van der Waals surface area contributed by atoms with Gasteiger partial charge in [0.15, 0.2) is 0 Å². The van der Waals surface area contributed by atoms with Crippen LogP contribution in [0.5, 0.6) is 0 Å². The lowest BCUT2D eigenvalue weighted by Gasteiger charge is -2.32. The zero-order valence-corrected chi connectivity index (χ0v) is 25.2. The summed E-state index contributed by atoms with van der Waals surface area (Å²) in [4.78, 5) is 42.2. The minimum absolute atomic E-state index is 0.0217. The number of hydrogen-bond acceptors (Lipinski definition) is 6. The molecule has 3 N–H and O–H groups in total. The number of carbonyl (C=O) groups is 3. The van der Waals surface area contributed by atoms with Gasteiger partial charge in [0.1, 0.15) is 23.9 Å². The van der Waals surface area contributed by atoms with Crippen LogP contribution in [0.25, 0.3) is 0 Å². The molecule has 2 heterocycles. The molecule has 2 fully saturated rings. The molecule has 1 saturated carbocycles. The summed E-state index contributed by atoms with van der Waals surface area (Å²) < 4.78 is 42.1. The SMILES string of the molecule is CC(C)(C)C[C@H](NC(=O)[C@H](CC1CC1)NS(=O)(=O)c1ccc(F)cc1)C(=O)N1C[C@]2(C[C@H]1C#N)C(=O)Nc1ccccc12. The van der Waals surface area contributed by atoms with E-state index in [0.717, 1.165) is 42.7 Å². The van der Waals surface area contributed by atoms with Gasteiger partial charge in [-0.25, -0.2) is 12.8 Å². The summed E-state index contributed by atoms with van der Waals surface area (Å²) >= 11 is 0. The lowest BCUT2D eigenvalue weighted by Crippen LogP contribution is -2.56. The molecular formula is C31H36FN5O5S. The lowest BCUT2D eigenvalue weighted by atomic mass is 9.80. The molecule has 3 aliphatic rings. The second kappa shape index (κ2) is 11.4. The normalized spacial score (nSPS) is 22.9. The maximum absolute atomic E-state index is 14.1. The maximum Gasteiger partial charge on any atom is 0.246 e. The molecule has 43 heavy (non-hydrogen) atoms. The van der Waals surface area contributed by atoms with Gasteiger partial charge < -0.3 is 15.5 Å². The molecular weight excluding hydrogens is 573 g/mol. The van der Waals surface area contributed by atoms with Crippen LogP contribution in [0, 0.1) is 28.5 Å². The Kier molecular flexibility index (Phi) is 8.09. The molecule has 0 radical (unpaired) electrons. The van der Waals surface area contributed by atoms with Crippen LogP contribution in [0.1, 0.15) is 58.4 Å². The average molecular weight is 610 g/mol. The van der Waals surface area contributed by atoms with Crippen LogP contribution >= 0.6 is 0 Å². The number of halogens is 1. The van der Waals surface area contributed by atoms with E-state index in [0.29, 0.717) is 5.69 Å². The highest BCUT2D eigenvalue weighted by atomic mass is 32.2. The van der Waals surface area contributed by atoms with Crippen LogP contribution in [0.15, 0.2) is 53.4 Å². The summed E-state index contributed by atoms with van der Waals surface area (Å²) in [5.41, 5.74) is -0.132. The molecule has 0 aromatic heterocycles. The van der Waals surface area contributed by atoms with Gasteiger partial charge >= 0.3 is 0 Å². The van der Waals surface area contributed by atoms with Crippen molar-refractivity contribution in [1.29, 1.82) is 5.26 Å². The van der Waals surface area contributed by atoms with Gasteiger partial charge in [0.2, 0.25) is 27.7 Å². The Morgan fingerprint density at radius 3 is 2.44 bits per heavy atom. The van der Waals surface area contributed by atoms with E-state index in [2.05, 4.69) is 21.4 Å². The number of nitriles is 1. The fourth-order valence-corrected chi connectivity index (χ4v) is 7.24. The largest absolute Gasteiger partial charge is 0.343 e. The van der Waals surface area contributed by atoms with Crippen LogP contribution in [-0.4, -0.2) is 55.7 Å². The average Bonchev–Trinajstić information content (AvgIpc) is 3.61. The molecule has 10 nitrogen and oxygen atoms in total. The molecule has 5 rings (SSSR count). The molecule has 228 valence electrons. The fourth-order valence-electron chi connectivity index (χ4n) is 6.04. The first-order valence-corrected chi connectivity index (χ1v) is 15.9. The second-order valence-electron chi connectivity index (χ2n) is 13.0. The first-order chi connectivity index (χ1) is 20.2. The van der Waals surface area contributed by atoms with Crippen molar-refractivity contribution in [3.63, 3.8) is 0 Å². The smallest absolute Gasteiger partial charge is 0.246 e. The number of benzene rings is 2. The van der Waals surface area contributed by atoms with Crippen molar-refractivity contribution < 1.29 is 27.2 Å². The van der Waals surface area contributed by atoms with Crippen molar-refractivity contribution in [3.05, 3.63) is 59.9 Å².